The SMILES string of the molecule is CCC(C#N)C(=O)N(C)c1ccccc1Br. The lowest BCUT2D eigenvalue weighted by Gasteiger charge is -2.20. The summed E-state index contributed by atoms with van der Waals surface area (Å²) in [5, 5.41) is 8.85. The van der Waals surface area contributed by atoms with E-state index in [0.717, 1.165) is 10.2 Å². The van der Waals surface area contributed by atoms with Gasteiger partial charge < -0.3 is 4.90 Å². The molecule has 1 unspecified atom stereocenters. The van der Waals surface area contributed by atoms with Crippen LogP contribution in [0.25, 0.3) is 0 Å². The molecule has 3 nitrogen and oxygen atoms in total. The van der Waals surface area contributed by atoms with Gasteiger partial charge in [0.15, 0.2) is 0 Å². The smallest absolute Gasteiger partial charge is 0.244 e. The third-order valence-corrected chi connectivity index (χ3v) is 3.08. The first kappa shape index (κ1) is 12.7. The van der Waals surface area contributed by atoms with Gasteiger partial charge in [-0.25, -0.2) is 0 Å². The van der Waals surface area contributed by atoms with Crippen molar-refractivity contribution in [2.24, 2.45) is 5.92 Å². The summed E-state index contributed by atoms with van der Waals surface area (Å²) in [7, 11) is 1.68. The second-order valence-corrected chi connectivity index (χ2v) is 4.29. The molecule has 0 saturated heterocycles. The Balaban J connectivity index is 2.95. The van der Waals surface area contributed by atoms with Crippen LogP contribution in [0, 0.1) is 17.2 Å². The van der Waals surface area contributed by atoms with Gasteiger partial charge in [0.25, 0.3) is 0 Å². The summed E-state index contributed by atoms with van der Waals surface area (Å²) >= 11 is 3.38. The summed E-state index contributed by atoms with van der Waals surface area (Å²) in [6.45, 7) is 1.83. The van der Waals surface area contributed by atoms with Gasteiger partial charge in [-0.3, -0.25) is 4.79 Å². The highest BCUT2D eigenvalue weighted by atomic mass is 79.9. The second kappa shape index (κ2) is 5.66. The molecule has 84 valence electrons. The van der Waals surface area contributed by atoms with Crippen LogP contribution >= 0.6 is 15.9 Å². The maximum Gasteiger partial charge on any atom is 0.244 e. The molecule has 1 amide bonds. The molecule has 0 radical (unpaired) electrons. The minimum Gasteiger partial charge on any atom is -0.313 e. The predicted octanol–water partition coefficient (Wildman–Crippen LogP) is 2.96. The van der Waals surface area contributed by atoms with Crippen molar-refractivity contribution in [2.75, 3.05) is 11.9 Å². The van der Waals surface area contributed by atoms with Crippen LogP contribution in [0.3, 0.4) is 0 Å². The number of nitriles is 1. The first-order chi connectivity index (χ1) is 7.61. The van der Waals surface area contributed by atoms with Crippen molar-refractivity contribution >= 4 is 27.5 Å². The molecule has 0 spiro atoms. The molecule has 0 heterocycles. The summed E-state index contributed by atoms with van der Waals surface area (Å²) in [5.74, 6) is -0.742. The Kier molecular flexibility index (Phi) is 4.51. The number of hydrogen-bond acceptors (Lipinski definition) is 2. The number of carbonyl (C=O) groups is 1. The van der Waals surface area contributed by atoms with Crippen molar-refractivity contribution in [3.63, 3.8) is 0 Å². The van der Waals surface area contributed by atoms with E-state index in [1.165, 1.54) is 4.90 Å². The van der Waals surface area contributed by atoms with Crippen LogP contribution < -0.4 is 4.90 Å². The molecule has 0 aromatic heterocycles. The van der Waals surface area contributed by atoms with E-state index in [4.69, 9.17) is 5.26 Å². The normalized spacial score (nSPS) is 11.6. The van der Waals surface area contributed by atoms with E-state index in [-0.39, 0.29) is 5.91 Å². The van der Waals surface area contributed by atoms with E-state index in [1.54, 1.807) is 7.05 Å². The molecular weight excluding hydrogens is 268 g/mol. The quantitative estimate of drug-likeness (QED) is 0.855. The molecule has 0 aliphatic rings. The largest absolute Gasteiger partial charge is 0.313 e. The highest BCUT2D eigenvalue weighted by Gasteiger charge is 2.21. The second-order valence-electron chi connectivity index (χ2n) is 3.44. The molecule has 1 aromatic rings. The summed E-state index contributed by atoms with van der Waals surface area (Å²) in [6.07, 6.45) is 0.532. The highest BCUT2D eigenvalue weighted by Crippen LogP contribution is 2.26. The third-order valence-electron chi connectivity index (χ3n) is 2.41. The van der Waals surface area contributed by atoms with E-state index >= 15 is 0 Å². The van der Waals surface area contributed by atoms with Crippen molar-refractivity contribution in [3.8, 4) is 6.07 Å². The molecule has 1 atom stereocenters. The zero-order valence-electron chi connectivity index (χ0n) is 9.27. The Labute approximate surface area is 104 Å². The Morgan fingerprint density at radius 3 is 2.69 bits per heavy atom. The number of nitrogens with zero attached hydrogens (tertiary/aromatic N) is 2. The number of carbonyl (C=O) groups excluding carboxylic acids is 1. The Hall–Kier alpha value is -1.34. The molecule has 0 aliphatic carbocycles. The van der Waals surface area contributed by atoms with Crippen molar-refractivity contribution in [1.29, 1.82) is 5.26 Å². The molecule has 16 heavy (non-hydrogen) atoms. The van der Waals surface area contributed by atoms with Crippen LogP contribution in [-0.2, 0) is 4.79 Å². The van der Waals surface area contributed by atoms with E-state index < -0.39 is 5.92 Å². The first-order valence-electron chi connectivity index (χ1n) is 5.03. The van der Waals surface area contributed by atoms with Crippen molar-refractivity contribution in [2.45, 2.75) is 13.3 Å². The average Bonchev–Trinajstić information content (AvgIpc) is 2.30. The van der Waals surface area contributed by atoms with Crippen LogP contribution in [0.15, 0.2) is 28.7 Å². The van der Waals surface area contributed by atoms with Crippen LogP contribution in [0.1, 0.15) is 13.3 Å². The number of benzene rings is 1. The predicted molar refractivity (Wildman–Crippen MR) is 66.9 cm³/mol. The van der Waals surface area contributed by atoms with Crippen LogP contribution in [0.4, 0.5) is 5.69 Å². The maximum absolute atomic E-state index is 11.9. The van der Waals surface area contributed by atoms with Crippen molar-refractivity contribution in [3.05, 3.63) is 28.7 Å². The number of amides is 1. The van der Waals surface area contributed by atoms with E-state index in [9.17, 15) is 4.79 Å². The topological polar surface area (TPSA) is 44.1 Å². The van der Waals surface area contributed by atoms with Crippen molar-refractivity contribution in [1.82, 2.24) is 0 Å². The van der Waals surface area contributed by atoms with Gasteiger partial charge in [-0.2, -0.15) is 5.26 Å². The summed E-state index contributed by atoms with van der Waals surface area (Å²) in [6, 6.07) is 9.46. The fourth-order valence-electron chi connectivity index (χ4n) is 1.40. The summed E-state index contributed by atoms with van der Waals surface area (Å²) in [4.78, 5) is 13.5. The maximum atomic E-state index is 11.9. The molecule has 0 fully saturated rings. The Morgan fingerprint density at radius 2 is 2.19 bits per heavy atom. The lowest BCUT2D eigenvalue weighted by atomic mass is 10.1. The van der Waals surface area contributed by atoms with Crippen LogP contribution in [0.2, 0.25) is 0 Å². The Morgan fingerprint density at radius 1 is 1.56 bits per heavy atom. The van der Waals surface area contributed by atoms with E-state index in [1.807, 2.05) is 37.3 Å². The van der Waals surface area contributed by atoms with Gasteiger partial charge in [0.1, 0.15) is 5.92 Å². The molecule has 1 rings (SSSR count). The number of para-hydroxylation sites is 1. The number of rotatable bonds is 3. The average molecular weight is 281 g/mol. The molecule has 4 heteroatoms. The Bertz CT molecular complexity index is 425. The highest BCUT2D eigenvalue weighted by molar-refractivity contribution is 9.10. The third kappa shape index (κ3) is 2.61. The lowest BCUT2D eigenvalue weighted by Crippen LogP contribution is -2.32. The van der Waals surface area contributed by atoms with Gasteiger partial charge in [0, 0.05) is 11.5 Å². The fraction of sp³-hybridized carbons (Fsp3) is 0.333. The number of hydrogen-bond donors (Lipinski definition) is 0. The van der Waals surface area contributed by atoms with Gasteiger partial charge in [-0.05, 0) is 34.5 Å². The van der Waals surface area contributed by atoms with Gasteiger partial charge in [-0.15, -0.1) is 0 Å². The molecular formula is C12H13BrN2O. The van der Waals surface area contributed by atoms with Gasteiger partial charge in [0.05, 0.1) is 11.8 Å². The van der Waals surface area contributed by atoms with E-state index in [2.05, 4.69) is 15.9 Å². The molecule has 0 aliphatic heterocycles. The molecule has 1 aromatic carbocycles. The molecule has 0 saturated carbocycles. The summed E-state index contributed by atoms with van der Waals surface area (Å²) < 4.78 is 0.846. The van der Waals surface area contributed by atoms with Gasteiger partial charge in [-0.1, -0.05) is 19.1 Å². The standard InChI is InChI=1S/C12H13BrN2O/c1-3-9(8-14)12(16)15(2)11-7-5-4-6-10(11)13/h4-7,9H,3H2,1-2H3. The fourth-order valence-corrected chi connectivity index (χ4v) is 1.95. The number of halogens is 1. The zero-order valence-corrected chi connectivity index (χ0v) is 10.9. The first-order valence-corrected chi connectivity index (χ1v) is 5.82. The van der Waals surface area contributed by atoms with Gasteiger partial charge in [0.2, 0.25) is 5.91 Å². The minimum absolute atomic E-state index is 0.170. The van der Waals surface area contributed by atoms with Crippen LogP contribution in [-0.4, -0.2) is 13.0 Å². The van der Waals surface area contributed by atoms with E-state index in [0.29, 0.717) is 6.42 Å². The van der Waals surface area contributed by atoms with Crippen LogP contribution in [0.5, 0.6) is 0 Å². The van der Waals surface area contributed by atoms with Gasteiger partial charge >= 0.3 is 0 Å². The molecule has 0 bridgehead atoms. The van der Waals surface area contributed by atoms with Crippen molar-refractivity contribution < 1.29 is 4.79 Å². The monoisotopic (exact) mass is 280 g/mol. The minimum atomic E-state index is -0.572. The molecule has 0 N–H and O–H groups in total. The number of anilines is 1. The summed E-state index contributed by atoms with van der Waals surface area (Å²) in [5.41, 5.74) is 0.779. The zero-order chi connectivity index (χ0) is 12.1. The lowest BCUT2D eigenvalue weighted by molar-refractivity contribution is -0.120.